The van der Waals surface area contributed by atoms with E-state index in [-0.39, 0.29) is 16.4 Å². The minimum absolute atomic E-state index is 0.0269. The lowest BCUT2D eigenvalue weighted by Gasteiger charge is -2.24. The number of amides is 4. The summed E-state index contributed by atoms with van der Waals surface area (Å²) in [6, 6.07) is 11.7. The molecule has 0 saturated carbocycles. The number of carbonyl (C=O) groups is 3. The molecule has 8 heteroatoms. The molecule has 2 N–H and O–H groups in total. The van der Waals surface area contributed by atoms with E-state index < -0.39 is 29.9 Å². The number of anilines is 1. The SMILES string of the molecule is CC(C)(C)c1ccc(C2(C)NC(=O)N(CC(=O)Nc3cccc(Cl)n3)C2=O)cc1. The van der Waals surface area contributed by atoms with Crippen LogP contribution in [0, 0.1) is 0 Å². The quantitative estimate of drug-likeness (QED) is 0.592. The van der Waals surface area contributed by atoms with Crippen LogP contribution in [0.3, 0.4) is 0 Å². The van der Waals surface area contributed by atoms with Crippen molar-refractivity contribution in [3.63, 3.8) is 0 Å². The molecule has 1 aromatic carbocycles. The average molecular weight is 415 g/mol. The molecule has 2 heterocycles. The molecule has 0 spiro atoms. The molecule has 1 saturated heterocycles. The van der Waals surface area contributed by atoms with Gasteiger partial charge in [-0.15, -0.1) is 0 Å². The Morgan fingerprint density at radius 3 is 2.41 bits per heavy atom. The van der Waals surface area contributed by atoms with Crippen LogP contribution in [0.1, 0.15) is 38.8 Å². The molecule has 0 bridgehead atoms. The lowest BCUT2D eigenvalue weighted by atomic mass is 9.84. The fourth-order valence-electron chi connectivity index (χ4n) is 3.14. The number of halogens is 1. The Balaban J connectivity index is 1.75. The van der Waals surface area contributed by atoms with Crippen molar-refractivity contribution in [2.24, 2.45) is 0 Å². The minimum Gasteiger partial charge on any atom is -0.319 e. The first kappa shape index (κ1) is 20.8. The molecule has 0 aliphatic carbocycles. The zero-order valence-corrected chi connectivity index (χ0v) is 17.5. The van der Waals surface area contributed by atoms with Crippen molar-refractivity contribution in [1.82, 2.24) is 15.2 Å². The largest absolute Gasteiger partial charge is 0.325 e. The highest BCUT2D eigenvalue weighted by atomic mass is 35.5. The van der Waals surface area contributed by atoms with Gasteiger partial charge in [0.2, 0.25) is 5.91 Å². The number of urea groups is 1. The van der Waals surface area contributed by atoms with Crippen LogP contribution >= 0.6 is 11.6 Å². The van der Waals surface area contributed by atoms with Crippen LogP contribution in [0.2, 0.25) is 5.15 Å². The number of pyridine rings is 1. The smallest absolute Gasteiger partial charge is 0.319 e. The molecule has 1 aromatic heterocycles. The van der Waals surface area contributed by atoms with Crippen molar-refractivity contribution < 1.29 is 14.4 Å². The molecule has 1 unspecified atom stereocenters. The normalized spacial score (nSPS) is 19.3. The van der Waals surface area contributed by atoms with Crippen LogP contribution < -0.4 is 10.6 Å². The molecule has 1 aliphatic rings. The number of nitrogens with one attached hydrogen (secondary N) is 2. The van der Waals surface area contributed by atoms with E-state index in [1.54, 1.807) is 25.1 Å². The maximum Gasteiger partial charge on any atom is 0.325 e. The maximum absolute atomic E-state index is 13.0. The monoisotopic (exact) mass is 414 g/mol. The number of benzene rings is 1. The van der Waals surface area contributed by atoms with E-state index in [9.17, 15) is 14.4 Å². The summed E-state index contributed by atoms with van der Waals surface area (Å²) in [5.41, 5.74) is 0.512. The van der Waals surface area contributed by atoms with Crippen molar-refractivity contribution in [3.8, 4) is 0 Å². The fourth-order valence-corrected chi connectivity index (χ4v) is 3.31. The van der Waals surface area contributed by atoms with Gasteiger partial charge in [-0.1, -0.05) is 62.7 Å². The molecule has 1 atom stereocenters. The van der Waals surface area contributed by atoms with Gasteiger partial charge < -0.3 is 10.6 Å². The number of carbonyl (C=O) groups excluding carboxylic acids is 3. The number of imide groups is 1. The lowest BCUT2D eigenvalue weighted by molar-refractivity contribution is -0.133. The van der Waals surface area contributed by atoms with Crippen molar-refractivity contribution in [1.29, 1.82) is 0 Å². The Labute approximate surface area is 174 Å². The Morgan fingerprint density at radius 2 is 1.83 bits per heavy atom. The van der Waals surface area contributed by atoms with Crippen LogP contribution in [0.15, 0.2) is 42.5 Å². The van der Waals surface area contributed by atoms with E-state index in [1.165, 1.54) is 0 Å². The first-order valence-electron chi connectivity index (χ1n) is 9.18. The molecule has 29 heavy (non-hydrogen) atoms. The zero-order valence-electron chi connectivity index (χ0n) is 16.7. The molecule has 1 aliphatic heterocycles. The Bertz CT molecular complexity index is 969. The van der Waals surface area contributed by atoms with Gasteiger partial charge in [-0.25, -0.2) is 9.78 Å². The molecule has 0 radical (unpaired) electrons. The van der Waals surface area contributed by atoms with E-state index in [4.69, 9.17) is 11.6 Å². The summed E-state index contributed by atoms with van der Waals surface area (Å²) in [6.07, 6.45) is 0. The van der Waals surface area contributed by atoms with Crippen molar-refractivity contribution >= 4 is 35.3 Å². The summed E-state index contributed by atoms with van der Waals surface area (Å²) in [7, 11) is 0. The van der Waals surface area contributed by atoms with Gasteiger partial charge in [0.05, 0.1) is 0 Å². The average Bonchev–Trinajstić information content (AvgIpc) is 2.85. The standard InChI is InChI=1S/C21H23ClN4O3/c1-20(2,3)13-8-10-14(11-9-13)21(4)18(28)26(19(29)25-21)12-17(27)24-16-7-5-6-15(22)23-16/h5-11H,12H2,1-4H3,(H,25,29)(H,23,24,27). The summed E-state index contributed by atoms with van der Waals surface area (Å²) in [5.74, 6) is -0.786. The number of nitrogens with zero attached hydrogens (tertiary/aromatic N) is 2. The molecule has 1 fully saturated rings. The van der Waals surface area contributed by atoms with Crippen molar-refractivity contribution in [2.75, 3.05) is 11.9 Å². The Hall–Kier alpha value is -2.93. The first-order chi connectivity index (χ1) is 13.5. The highest BCUT2D eigenvalue weighted by molar-refractivity contribution is 6.29. The van der Waals surface area contributed by atoms with Gasteiger partial charge >= 0.3 is 6.03 Å². The van der Waals surface area contributed by atoms with Crippen LogP contribution in [-0.2, 0) is 20.5 Å². The maximum atomic E-state index is 13.0. The lowest BCUT2D eigenvalue weighted by Crippen LogP contribution is -2.42. The van der Waals surface area contributed by atoms with E-state index in [0.29, 0.717) is 5.56 Å². The second-order valence-corrected chi connectivity index (χ2v) is 8.55. The predicted molar refractivity (Wildman–Crippen MR) is 111 cm³/mol. The van der Waals surface area contributed by atoms with Gasteiger partial charge in [0.1, 0.15) is 23.1 Å². The second-order valence-electron chi connectivity index (χ2n) is 8.17. The summed E-state index contributed by atoms with van der Waals surface area (Å²) < 4.78 is 0. The third kappa shape index (κ3) is 4.24. The highest BCUT2D eigenvalue weighted by Crippen LogP contribution is 2.31. The minimum atomic E-state index is -1.23. The zero-order chi connectivity index (χ0) is 21.4. The van der Waals surface area contributed by atoms with Gasteiger partial charge in [-0.05, 0) is 35.6 Å². The number of hydrogen-bond acceptors (Lipinski definition) is 4. The van der Waals surface area contributed by atoms with Gasteiger partial charge in [0, 0.05) is 0 Å². The van der Waals surface area contributed by atoms with E-state index in [2.05, 4.69) is 36.4 Å². The molecule has 3 rings (SSSR count). The molecule has 152 valence electrons. The number of hydrogen-bond donors (Lipinski definition) is 2. The van der Waals surface area contributed by atoms with E-state index in [1.807, 2.05) is 24.3 Å². The molecular formula is C21H23ClN4O3. The molecule has 7 nitrogen and oxygen atoms in total. The molecular weight excluding hydrogens is 392 g/mol. The summed E-state index contributed by atoms with van der Waals surface area (Å²) in [5, 5.41) is 5.46. The van der Waals surface area contributed by atoms with Gasteiger partial charge in [-0.3, -0.25) is 14.5 Å². The summed E-state index contributed by atoms with van der Waals surface area (Å²) in [4.78, 5) is 42.6. The third-order valence-electron chi connectivity index (χ3n) is 4.89. The van der Waals surface area contributed by atoms with Crippen molar-refractivity contribution in [2.45, 2.75) is 38.6 Å². The predicted octanol–water partition coefficient (Wildman–Crippen LogP) is 3.44. The molecule has 2 aromatic rings. The van der Waals surface area contributed by atoms with Gasteiger partial charge in [0.15, 0.2) is 0 Å². The summed E-state index contributed by atoms with van der Waals surface area (Å²) in [6.45, 7) is 7.51. The van der Waals surface area contributed by atoms with Crippen molar-refractivity contribution in [3.05, 3.63) is 58.7 Å². The Morgan fingerprint density at radius 1 is 1.17 bits per heavy atom. The van der Waals surface area contributed by atoms with Gasteiger partial charge in [0.25, 0.3) is 5.91 Å². The van der Waals surface area contributed by atoms with Crippen LogP contribution in [0.25, 0.3) is 0 Å². The number of aromatic nitrogens is 1. The first-order valence-corrected chi connectivity index (χ1v) is 9.56. The van der Waals surface area contributed by atoms with E-state index >= 15 is 0 Å². The number of rotatable bonds is 4. The van der Waals surface area contributed by atoms with Crippen LogP contribution in [0.5, 0.6) is 0 Å². The highest BCUT2D eigenvalue weighted by Gasteiger charge is 2.49. The van der Waals surface area contributed by atoms with E-state index in [0.717, 1.165) is 10.5 Å². The third-order valence-corrected chi connectivity index (χ3v) is 5.10. The van der Waals surface area contributed by atoms with Crippen LogP contribution in [-0.4, -0.2) is 34.3 Å². The Kier molecular flexibility index (Phi) is 5.36. The molecule has 4 amide bonds. The van der Waals surface area contributed by atoms with Gasteiger partial charge in [-0.2, -0.15) is 0 Å². The topological polar surface area (TPSA) is 91.4 Å². The fraction of sp³-hybridized carbons (Fsp3) is 0.333. The summed E-state index contributed by atoms with van der Waals surface area (Å²) >= 11 is 5.80. The van der Waals surface area contributed by atoms with Crippen LogP contribution in [0.4, 0.5) is 10.6 Å². The second kappa shape index (κ2) is 7.48.